The predicted octanol–water partition coefficient (Wildman–Crippen LogP) is 1.39. The van der Waals surface area contributed by atoms with E-state index in [4.69, 9.17) is 0 Å². The second-order valence-electron chi connectivity index (χ2n) is 3.36. The molecule has 0 aliphatic carbocycles. The van der Waals surface area contributed by atoms with E-state index in [-0.39, 0.29) is 11.1 Å². The van der Waals surface area contributed by atoms with E-state index in [9.17, 15) is 9.18 Å². The van der Waals surface area contributed by atoms with Gasteiger partial charge in [-0.15, -0.1) is 0 Å². The topological polar surface area (TPSA) is 44.9 Å². The zero-order valence-corrected chi connectivity index (χ0v) is 8.30. The van der Waals surface area contributed by atoms with Crippen molar-refractivity contribution in [1.82, 2.24) is 10.3 Å². The van der Waals surface area contributed by atoms with Gasteiger partial charge in [-0.3, -0.25) is 4.79 Å². The van der Waals surface area contributed by atoms with E-state index in [1.807, 2.05) is 0 Å². The molecule has 0 bridgehead atoms. The Morgan fingerprint density at radius 1 is 1.47 bits per heavy atom. The summed E-state index contributed by atoms with van der Waals surface area (Å²) in [6.45, 7) is 0.474. The SMILES string of the molecule is CNCc1cc2cccc(F)c2[nH]c1=O. The largest absolute Gasteiger partial charge is 0.319 e. The van der Waals surface area contributed by atoms with E-state index < -0.39 is 5.82 Å². The summed E-state index contributed by atoms with van der Waals surface area (Å²) in [5.41, 5.74) is 0.625. The van der Waals surface area contributed by atoms with Gasteiger partial charge in [0.2, 0.25) is 0 Å². The molecule has 0 saturated carbocycles. The lowest BCUT2D eigenvalue weighted by atomic mass is 10.1. The third-order valence-electron chi connectivity index (χ3n) is 2.27. The smallest absolute Gasteiger partial charge is 0.253 e. The summed E-state index contributed by atoms with van der Waals surface area (Å²) in [6, 6.07) is 6.43. The third-order valence-corrected chi connectivity index (χ3v) is 2.27. The predicted molar refractivity (Wildman–Crippen MR) is 57.3 cm³/mol. The summed E-state index contributed by atoms with van der Waals surface area (Å²) < 4.78 is 13.3. The monoisotopic (exact) mass is 206 g/mol. The number of fused-ring (bicyclic) bond motifs is 1. The summed E-state index contributed by atoms with van der Waals surface area (Å²) in [5, 5.41) is 3.60. The highest BCUT2D eigenvalue weighted by atomic mass is 19.1. The van der Waals surface area contributed by atoms with E-state index in [1.165, 1.54) is 6.07 Å². The van der Waals surface area contributed by atoms with Crippen LogP contribution >= 0.6 is 0 Å². The second-order valence-corrected chi connectivity index (χ2v) is 3.36. The van der Waals surface area contributed by atoms with Crippen LogP contribution in [0.3, 0.4) is 0 Å². The van der Waals surface area contributed by atoms with Crippen molar-refractivity contribution < 1.29 is 4.39 Å². The van der Waals surface area contributed by atoms with E-state index in [2.05, 4.69) is 10.3 Å². The van der Waals surface area contributed by atoms with Crippen molar-refractivity contribution in [1.29, 1.82) is 0 Å². The molecule has 1 aromatic heterocycles. The average Bonchev–Trinajstić information content (AvgIpc) is 2.21. The number of para-hydroxylation sites is 1. The maximum Gasteiger partial charge on any atom is 0.253 e. The van der Waals surface area contributed by atoms with Gasteiger partial charge in [0.15, 0.2) is 0 Å². The standard InChI is InChI=1S/C11H11FN2O/c1-13-6-8-5-7-3-2-4-9(12)10(7)14-11(8)15/h2-5,13H,6H2,1H3,(H,14,15). The van der Waals surface area contributed by atoms with Crippen LogP contribution in [-0.4, -0.2) is 12.0 Å². The normalized spacial score (nSPS) is 10.8. The molecule has 1 heterocycles. The Labute approximate surface area is 85.9 Å². The molecule has 2 aromatic rings. The lowest BCUT2D eigenvalue weighted by Crippen LogP contribution is -2.18. The van der Waals surface area contributed by atoms with Crippen LogP contribution in [0.15, 0.2) is 29.1 Å². The Balaban J connectivity index is 2.71. The Kier molecular flexibility index (Phi) is 2.51. The number of halogens is 1. The molecule has 0 atom stereocenters. The molecule has 15 heavy (non-hydrogen) atoms. The number of benzene rings is 1. The Morgan fingerprint density at radius 3 is 3.00 bits per heavy atom. The Hall–Kier alpha value is -1.68. The molecule has 2 rings (SSSR count). The van der Waals surface area contributed by atoms with Gasteiger partial charge in [-0.25, -0.2) is 4.39 Å². The highest BCUT2D eigenvalue weighted by Gasteiger charge is 2.04. The van der Waals surface area contributed by atoms with E-state index in [1.54, 1.807) is 25.2 Å². The van der Waals surface area contributed by atoms with Gasteiger partial charge in [0.1, 0.15) is 5.82 Å². The summed E-state index contributed by atoms with van der Waals surface area (Å²) in [4.78, 5) is 14.1. The minimum atomic E-state index is -0.402. The molecule has 4 heteroatoms. The molecule has 0 unspecified atom stereocenters. The second kappa shape index (κ2) is 3.82. The molecule has 0 spiro atoms. The van der Waals surface area contributed by atoms with Crippen molar-refractivity contribution in [3.05, 3.63) is 46.0 Å². The lowest BCUT2D eigenvalue weighted by Gasteiger charge is -2.03. The van der Waals surface area contributed by atoms with E-state index >= 15 is 0 Å². The number of H-pyrrole nitrogens is 1. The van der Waals surface area contributed by atoms with Gasteiger partial charge in [0.05, 0.1) is 5.52 Å². The first kappa shape index (κ1) is 9.86. The van der Waals surface area contributed by atoms with Gasteiger partial charge in [-0.2, -0.15) is 0 Å². The van der Waals surface area contributed by atoms with Crippen LogP contribution in [0.25, 0.3) is 10.9 Å². The number of nitrogens with one attached hydrogen (secondary N) is 2. The molecular weight excluding hydrogens is 195 g/mol. The zero-order valence-electron chi connectivity index (χ0n) is 8.30. The number of pyridine rings is 1. The first-order valence-corrected chi connectivity index (χ1v) is 4.67. The van der Waals surface area contributed by atoms with Gasteiger partial charge in [-0.1, -0.05) is 12.1 Å². The fourth-order valence-corrected chi connectivity index (χ4v) is 1.56. The average molecular weight is 206 g/mol. The number of rotatable bonds is 2. The van der Waals surface area contributed by atoms with Crippen molar-refractivity contribution in [3.8, 4) is 0 Å². The van der Waals surface area contributed by atoms with Crippen LogP contribution < -0.4 is 10.9 Å². The zero-order chi connectivity index (χ0) is 10.8. The van der Waals surface area contributed by atoms with Crippen LogP contribution in [0.4, 0.5) is 4.39 Å². The number of aromatic amines is 1. The van der Waals surface area contributed by atoms with Gasteiger partial charge < -0.3 is 10.3 Å². The van der Waals surface area contributed by atoms with Crippen LogP contribution in [-0.2, 0) is 6.54 Å². The molecule has 0 amide bonds. The van der Waals surface area contributed by atoms with Crippen molar-refractivity contribution in [3.63, 3.8) is 0 Å². The quantitative estimate of drug-likeness (QED) is 0.779. The summed E-state index contributed by atoms with van der Waals surface area (Å²) >= 11 is 0. The first-order chi connectivity index (χ1) is 7.22. The Morgan fingerprint density at radius 2 is 2.27 bits per heavy atom. The van der Waals surface area contributed by atoms with Crippen molar-refractivity contribution >= 4 is 10.9 Å². The number of aromatic nitrogens is 1. The van der Waals surface area contributed by atoms with Crippen LogP contribution in [0.1, 0.15) is 5.56 Å². The van der Waals surface area contributed by atoms with E-state index in [0.29, 0.717) is 17.5 Å². The fourth-order valence-electron chi connectivity index (χ4n) is 1.56. The summed E-state index contributed by atoms with van der Waals surface area (Å²) in [7, 11) is 1.76. The fraction of sp³-hybridized carbons (Fsp3) is 0.182. The first-order valence-electron chi connectivity index (χ1n) is 4.67. The molecule has 0 aliphatic heterocycles. The van der Waals surface area contributed by atoms with Gasteiger partial charge in [0, 0.05) is 17.5 Å². The number of hydrogen-bond donors (Lipinski definition) is 2. The minimum Gasteiger partial charge on any atom is -0.319 e. The van der Waals surface area contributed by atoms with Crippen molar-refractivity contribution in [2.24, 2.45) is 0 Å². The molecule has 0 radical (unpaired) electrons. The van der Waals surface area contributed by atoms with Gasteiger partial charge in [0.25, 0.3) is 5.56 Å². The lowest BCUT2D eigenvalue weighted by molar-refractivity contribution is 0.636. The van der Waals surface area contributed by atoms with Crippen LogP contribution in [0.5, 0.6) is 0 Å². The third kappa shape index (κ3) is 1.76. The van der Waals surface area contributed by atoms with Crippen LogP contribution in [0.2, 0.25) is 0 Å². The maximum atomic E-state index is 13.3. The Bertz CT molecular complexity index is 548. The molecular formula is C11H11FN2O. The van der Waals surface area contributed by atoms with Crippen molar-refractivity contribution in [2.45, 2.75) is 6.54 Å². The molecule has 0 fully saturated rings. The summed E-state index contributed by atoms with van der Waals surface area (Å²) in [5.74, 6) is -0.402. The number of hydrogen-bond acceptors (Lipinski definition) is 2. The van der Waals surface area contributed by atoms with E-state index in [0.717, 1.165) is 0 Å². The minimum absolute atomic E-state index is 0.248. The molecule has 1 aromatic carbocycles. The molecule has 0 saturated heterocycles. The molecule has 3 nitrogen and oxygen atoms in total. The molecule has 2 N–H and O–H groups in total. The van der Waals surface area contributed by atoms with Gasteiger partial charge >= 0.3 is 0 Å². The summed E-state index contributed by atoms with van der Waals surface area (Å²) in [6.07, 6.45) is 0. The molecule has 78 valence electrons. The maximum absolute atomic E-state index is 13.3. The highest BCUT2D eigenvalue weighted by molar-refractivity contribution is 5.79. The highest BCUT2D eigenvalue weighted by Crippen LogP contribution is 2.14. The van der Waals surface area contributed by atoms with Crippen molar-refractivity contribution in [2.75, 3.05) is 7.05 Å². The molecule has 0 aliphatic rings. The van der Waals surface area contributed by atoms with Crippen LogP contribution in [0, 0.1) is 5.82 Å². The van der Waals surface area contributed by atoms with Gasteiger partial charge in [-0.05, 0) is 19.2 Å².